The van der Waals surface area contributed by atoms with Crippen LogP contribution in [0.25, 0.3) is 22.3 Å². The van der Waals surface area contributed by atoms with E-state index in [0.717, 1.165) is 0 Å². The maximum Gasteiger partial charge on any atom is 0.259 e. The van der Waals surface area contributed by atoms with E-state index < -0.39 is 5.82 Å². The van der Waals surface area contributed by atoms with Crippen molar-refractivity contribution in [3.05, 3.63) is 46.8 Å². The molecule has 6 heteroatoms. The molecule has 0 aliphatic rings. The minimum Gasteiger partial charge on any atom is -0.306 e. The third-order valence-electron chi connectivity index (χ3n) is 3.21. The molecule has 0 atom stereocenters. The number of nitrogens with one attached hydrogen (secondary N) is 1. The van der Waals surface area contributed by atoms with E-state index in [1.54, 1.807) is 10.9 Å². The molecule has 0 amide bonds. The van der Waals surface area contributed by atoms with Crippen LogP contribution in [0.1, 0.15) is 20.8 Å². The first-order valence-electron chi connectivity index (χ1n) is 6.60. The highest BCUT2D eigenvalue weighted by Crippen LogP contribution is 2.20. The molecule has 5 nitrogen and oxygen atoms in total. The molecule has 108 valence electrons. The van der Waals surface area contributed by atoms with Gasteiger partial charge >= 0.3 is 0 Å². The number of rotatable bonds is 1. The number of halogens is 1. The van der Waals surface area contributed by atoms with Crippen LogP contribution in [-0.2, 0) is 5.54 Å². The number of fused-ring (bicyclic) bond motifs is 1. The lowest BCUT2D eigenvalue weighted by Gasteiger charge is -2.18. The Hall–Kier alpha value is -2.50. The predicted molar refractivity (Wildman–Crippen MR) is 78.5 cm³/mol. The fourth-order valence-corrected chi connectivity index (χ4v) is 2.06. The number of H-pyrrole nitrogens is 1. The molecule has 21 heavy (non-hydrogen) atoms. The largest absolute Gasteiger partial charge is 0.306 e. The van der Waals surface area contributed by atoms with Gasteiger partial charge in [-0.25, -0.2) is 9.37 Å². The minimum absolute atomic E-state index is 0.165. The zero-order valence-corrected chi connectivity index (χ0v) is 12.0. The second kappa shape index (κ2) is 4.51. The van der Waals surface area contributed by atoms with E-state index in [2.05, 4.69) is 15.1 Å². The topological polar surface area (TPSA) is 63.6 Å². The highest BCUT2D eigenvalue weighted by atomic mass is 19.1. The first-order valence-corrected chi connectivity index (χ1v) is 6.60. The van der Waals surface area contributed by atoms with Crippen molar-refractivity contribution in [2.45, 2.75) is 26.3 Å². The van der Waals surface area contributed by atoms with E-state index in [0.29, 0.717) is 22.3 Å². The smallest absolute Gasteiger partial charge is 0.259 e. The molecule has 0 aliphatic carbocycles. The Bertz CT molecular complexity index is 873. The molecule has 2 heterocycles. The second-order valence-corrected chi connectivity index (χ2v) is 5.92. The summed E-state index contributed by atoms with van der Waals surface area (Å²) in [6, 6.07) is 3.93. The van der Waals surface area contributed by atoms with Crippen LogP contribution in [0, 0.1) is 5.82 Å². The van der Waals surface area contributed by atoms with Crippen LogP contribution in [0.2, 0.25) is 0 Å². The van der Waals surface area contributed by atoms with Gasteiger partial charge in [0.2, 0.25) is 0 Å². The summed E-state index contributed by atoms with van der Waals surface area (Å²) >= 11 is 0. The monoisotopic (exact) mass is 286 g/mol. The number of hydrogen-bond acceptors (Lipinski definition) is 3. The van der Waals surface area contributed by atoms with Crippen LogP contribution in [0.5, 0.6) is 0 Å². The summed E-state index contributed by atoms with van der Waals surface area (Å²) in [6.45, 7) is 6.07. The minimum atomic E-state index is -0.420. The molecule has 0 saturated heterocycles. The molecule has 3 rings (SSSR count). The maximum atomic E-state index is 13.3. The summed E-state index contributed by atoms with van der Waals surface area (Å²) in [5.74, 6) is -0.0365. The van der Waals surface area contributed by atoms with E-state index >= 15 is 0 Å². The van der Waals surface area contributed by atoms with Crippen LogP contribution in [-0.4, -0.2) is 19.7 Å². The quantitative estimate of drug-likeness (QED) is 0.748. The average Bonchev–Trinajstić information content (AvgIpc) is 2.87. The van der Waals surface area contributed by atoms with Crippen LogP contribution in [0.4, 0.5) is 4.39 Å². The Morgan fingerprint density at radius 2 is 2.05 bits per heavy atom. The number of aromatic nitrogens is 4. The molecule has 0 spiro atoms. The van der Waals surface area contributed by atoms with Gasteiger partial charge in [-0.15, -0.1) is 0 Å². The van der Waals surface area contributed by atoms with Crippen molar-refractivity contribution in [1.82, 2.24) is 19.7 Å². The van der Waals surface area contributed by atoms with Gasteiger partial charge in [0.25, 0.3) is 5.56 Å². The second-order valence-electron chi connectivity index (χ2n) is 5.92. The van der Waals surface area contributed by atoms with E-state index in [1.807, 2.05) is 27.0 Å². The molecule has 0 saturated carbocycles. The van der Waals surface area contributed by atoms with Crippen molar-refractivity contribution in [3.63, 3.8) is 0 Å². The average molecular weight is 286 g/mol. The fraction of sp³-hybridized carbons (Fsp3) is 0.267. The molecule has 0 unspecified atom stereocenters. The Morgan fingerprint density at radius 1 is 1.29 bits per heavy atom. The van der Waals surface area contributed by atoms with Crippen molar-refractivity contribution in [1.29, 1.82) is 0 Å². The van der Waals surface area contributed by atoms with Gasteiger partial charge in [-0.1, -0.05) is 0 Å². The summed E-state index contributed by atoms with van der Waals surface area (Å²) < 4.78 is 15.1. The summed E-state index contributed by atoms with van der Waals surface area (Å²) in [4.78, 5) is 19.1. The van der Waals surface area contributed by atoms with Gasteiger partial charge in [-0.05, 0) is 32.9 Å². The molecular weight excluding hydrogens is 271 g/mol. The standard InChI is InChI=1S/C15H15FN4O/c1-15(2,3)20-8-9(7-17-20)13-18-12-6-10(16)4-5-11(12)14(21)19-13/h4-8H,1-3H3,(H,18,19,21). The third-order valence-corrected chi connectivity index (χ3v) is 3.21. The number of nitrogens with zero attached hydrogens (tertiary/aromatic N) is 3. The summed E-state index contributed by atoms with van der Waals surface area (Å²) in [7, 11) is 0. The zero-order valence-electron chi connectivity index (χ0n) is 12.0. The van der Waals surface area contributed by atoms with Crippen LogP contribution < -0.4 is 5.56 Å². The predicted octanol–water partition coefficient (Wildman–Crippen LogP) is 2.68. The van der Waals surface area contributed by atoms with Gasteiger partial charge in [0.15, 0.2) is 0 Å². The molecule has 0 bridgehead atoms. The van der Waals surface area contributed by atoms with Crippen molar-refractivity contribution in [3.8, 4) is 11.4 Å². The van der Waals surface area contributed by atoms with Gasteiger partial charge < -0.3 is 4.98 Å². The van der Waals surface area contributed by atoms with Gasteiger partial charge in [-0.2, -0.15) is 5.10 Å². The number of aromatic amines is 1. The summed E-state index contributed by atoms with van der Waals surface area (Å²) in [5.41, 5.74) is 0.561. The molecule has 1 N–H and O–H groups in total. The summed E-state index contributed by atoms with van der Waals surface area (Å²) in [5, 5.41) is 4.64. The first kappa shape index (κ1) is 13.5. The third kappa shape index (κ3) is 2.44. The lowest BCUT2D eigenvalue weighted by Crippen LogP contribution is -2.21. The molecule has 0 radical (unpaired) electrons. The van der Waals surface area contributed by atoms with E-state index in [1.165, 1.54) is 18.2 Å². The highest BCUT2D eigenvalue weighted by Gasteiger charge is 2.16. The van der Waals surface area contributed by atoms with E-state index in [-0.39, 0.29) is 11.1 Å². The fourth-order valence-electron chi connectivity index (χ4n) is 2.06. The zero-order chi connectivity index (χ0) is 15.2. The highest BCUT2D eigenvalue weighted by molar-refractivity contribution is 5.79. The van der Waals surface area contributed by atoms with Crippen LogP contribution in [0.15, 0.2) is 35.4 Å². The van der Waals surface area contributed by atoms with Crippen molar-refractivity contribution in [2.24, 2.45) is 0 Å². The van der Waals surface area contributed by atoms with Crippen LogP contribution in [0.3, 0.4) is 0 Å². The van der Waals surface area contributed by atoms with E-state index in [9.17, 15) is 9.18 Å². The molecular formula is C15H15FN4O. The maximum absolute atomic E-state index is 13.3. The Kier molecular flexibility index (Phi) is 2.90. The molecule has 0 aliphatic heterocycles. The van der Waals surface area contributed by atoms with Gasteiger partial charge in [-0.3, -0.25) is 9.48 Å². The Morgan fingerprint density at radius 3 is 2.71 bits per heavy atom. The van der Waals surface area contributed by atoms with Crippen molar-refractivity contribution in [2.75, 3.05) is 0 Å². The van der Waals surface area contributed by atoms with Gasteiger partial charge in [0.05, 0.1) is 28.2 Å². The summed E-state index contributed by atoms with van der Waals surface area (Å²) in [6.07, 6.45) is 3.44. The van der Waals surface area contributed by atoms with Crippen molar-refractivity contribution >= 4 is 10.9 Å². The molecule has 3 aromatic rings. The lowest BCUT2D eigenvalue weighted by molar-refractivity contribution is 0.355. The lowest BCUT2D eigenvalue weighted by atomic mass is 10.1. The molecule has 1 aromatic carbocycles. The van der Waals surface area contributed by atoms with Crippen molar-refractivity contribution < 1.29 is 4.39 Å². The first-order chi connectivity index (χ1) is 9.84. The Balaban J connectivity index is 2.17. The van der Waals surface area contributed by atoms with E-state index in [4.69, 9.17) is 0 Å². The number of hydrogen-bond donors (Lipinski definition) is 1. The SMILES string of the molecule is CC(C)(C)n1cc(-c2nc3cc(F)ccc3c(=O)[nH]2)cn1. The van der Waals surface area contributed by atoms with Gasteiger partial charge in [0, 0.05) is 12.3 Å². The molecule has 2 aromatic heterocycles. The molecule has 0 fully saturated rings. The van der Waals surface area contributed by atoms with Gasteiger partial charge in [0.1, 0.15) is 11.6 Å². The van der Waals surface area contributed by atoms with Crippen LogP contribution >= 0.6 is 0 Å². The Labute approximate surface area is 120 Å². The normalized spacial score (nSPS) is 12.0. The number of benzene rings is 1.